The highest BCUT2D eigenvalue weighted by Crippen LogP contribution is 2.31. The van der Waals surface area contributed by atoms with Crippen molar-refractivity contribution < 1.29 is 5.11 Å². The van der Waals surface area contributed by atoms with Gasteiger partial charge in [0.25, 0.3) is 0 Å². The van der Waals surface area contributed by atoms with Crippen LogP contribution >= 0.6 is 57.4 Å². The van der Waals surface area contributed by atoms with Crippen LogP contribution in [0, 0.1) is 3.57 Å². The summed E-state index contributed by atoms with van der Waals surface area (Å²) in [4.78, 5) is 4.38. The van der Waals surface area contributed by atoms with E-state index in [0.29, 0.717) is 27.7 Å². The third-order valence-corrected chi connectivity index (χ3v) is 5.39. The Bertz CT molecular complexity index is 989. The number of aromatic hydroxyl groups is 1. The second-order valence-corrected chi connectivity index (χ2v) is 8.10. The van der Waals surface area contributed by atoms with Gasteiger partial charge in [-0.25, -0.2) is 0 Å². The van der Waals surface area contributed by atoms with Crippen molar-refractivity contribution in [1.29, 1.82) is 0 Å². The van der Waals surface area contributed by atoms with Crippen LogP contribution in [-0.2, 0) is 6.42 Å². The molecule has 0 amide bonds. The molecule has 0 fully saturated rings. The summed E-state index contributed by atoms with van der Waals surface area (Å²) in [7, 11) is 0. The highest BCUT2D eigenvalue weighted by Gasteiger charge is 2.09. The molecule has 26 heavy (non-hydrogen) atoms. The molecular weight excluding hydrogens is 503 g/mol. The minimum atomic E-state index is -0.0139. The van der Waals surface area contributed by atoms with E-state index < -0.39 is 0 Å². The lowest BCUT2D eigenvalue weighted by Gasteiger charge is -2.08. The van der Waals surface area contributed by atoms with Gasteiger partial charge in [0.1, 0.15) is 5.75 Å². The van der Waals surface area contributed by atoms with E-state index in [2.05, 4.69) is 27.6 Å². The van der Waals surface area contributed by atoms with Gasteiger partial charge in [0.2, 0.25) is 0 Å². The van der Waals surface area contributed by atoms with Gasteiger partial charge < -0.3 is 5.11 Å². The van der Waals surface area contributed by atoms with Crippen LogP contribution in [0.15, 0.2) is 59.6 Å². The first-order chi connectivity index (χ1) is 12.4. The number of halogens is 4. The number of rotatable bonds is 4. The maximum Gasteiger partial charge on any atom is 0.142 e. The van der Waals surface area contributed by atoms with E-state index in [1.807, 2.05) is 48.5 Å². The van der Waals surface area contributed by atoms with Crippen LogP contribution in [0.2, 0.25) is 15.1 Å². The van der Waals surface area contributed by atoms with Crippen molar-refractivity contribution in [3.63, 3.8) is 0 Å². The Hall–Kier alpha value is -1.27. The van der Waals surface area contributed by atoms with E-state index in [4.69, 9.17) is 34.8 Å². The summed E-state index contributed by atoms with van der Waals surface area (Å²) in [6.45, 7) is 0. The molecule has 0 heterocycles. The summed E-state index contributed by atoms with van der Waals surface area (Å²) < 4.78 is 1.03. The molecular formula is C20H13Cl3INO. The molecule has 0 aliphatic heterocycles. The fraction of sp³-hybridized carbons (Fsp3) is 0.0500. The average molecular weight is 517 g/mol. The van der Waals surface area contributed by atoms with Crippen LogP contribution in [0.4, 0.5) is 5.69 Å². The molecule has 0 aliphatic carbocycles. The Balaban J connectivity index is 1.93. The molecule has 3 aromatic carbocycles. The highest BCUT2D eigenvalue weighted by atomic mass is 127. The van der Waals surface area contributed by atoms with Gasteiger partial charge in [0, 0.05) is 20.4 Å². The Morgan fingerprint density at radius 3 is 2.42 bits per heavy atom. The minimum Gasteiger partial charge on any atom is -0.506 e. The van der Waals surface area contributed by atoms with Gasteiger partial charge in [0.15, 0.2) is 0 Å². The maximum atomic E-state index is 10.3. The quantitative estimate of drug-likeness (QED) is 0.287. The van der Waals surface area contributed by atoms with Gasteiger partial charge in [0.05, 0.1) is 15.7 Å². The summed E-state index contributed by atoms with van der Waals surface area (Å²) >= 11 is 20.8. The number of hydrogen-bond acceptors (Lipinski definition) is 2. The minimum absolute atomic E-state index is 0.0139. The molecule has 3 aromatic rings. The van der Waals surface area contributed by atoms with E-state index in [1.54, 1.807) is 12.3 Å². The molecule has 132 valence electrons. The number of benzene rings is 3. The van der Waals surface area contributed by atoms with Crippen LogP contribution in [0.5, 0.6) is 5.75 Å². The predicted molar refractivity (Wildman–Crippen MR) is 119 cm³/mol. The topological polar surface area (TPSA) is 32.6 Å². The van der Waals surface area contributed by atoms with Gasteiger partial charge in [-0.1, -0.05) is 53.0 Å². The molecule has 0 radical (unpaired) electrons. The number of nitrogens with zero attached hydrogens (tertiary/aromatic N) is 1. The van der Waals surface area contributed by atoms with Crippen LogP contribution in [-0.4, -0.2) is 11.3 Å². The van der Waals surface area contributed by atoms with E-state index in [0.717, 1.165) is 14.7 Å². The molecule has 6 heteroatoms. The molecule has 0 aliphatic rings. The lowest BCUT2D eigenvalue weighted by Crippen LogP contribution is -1.93. The third-order valence-electron chi connectivity index (χ3n) is 3.76. The van der Waals surface area contributed by atoms with Crippen molar-refractivity contribution in [3.05, 3.63) is 89.9 Å². The summed E-state index contributed by atoms with van der Waals surface area (Å²) in [5.41, 5.74) is 3.06. The van der Waals surface area contributed by atoms with Gasteiger partial charge in [-0.15, -0.1) is 0 Å². The first-order valence-corrected chi connectivity index (χ1v) is 9.89. The van der Waals surface area contributed by atoms with Crippen molar-refractivity contribution in [2.24, 2.45) is 4.99 Å². The Labute approximate surface area is 180 Å². The average Bonchev–Trinajstić information content (AvgIpc) is 2.60. The standard InChI is InChI=1S/C20H13Cl3INO/c21-16-4-2-1-3-13(16)7-12-8-14(20(26)18(23)9-12)11-25-19-6-5-15(24)10-17(19)22/h1-6,8-11,26H,7H2. The zero-order valence-electron chi connectivity index (χ0n) is 13.4. The van der Waals surface area contributed by atoms with Gasteiger partial charge in [-0.3, -0.25) is 4.99 Å². The normalized spacial score (nSPS) is 11.2. The monoisotopic (exact) mass is 515 g/mol. The van der Waals surface area contributed by atoms with E-state index in [9.17, 15) is 5.11 Å². The van der Waals surface area contributed by atoms with Gasteiger partial charge in [-0.05, 0) is 76.5 Å². The van der Waals surface area contributed by atoms with Crippen LogP contribution in [0.3, 0.4) is 0 Å². The number of aliphatic imine (C=N–C) groups is 1. The fourth-order valence-corrected chi connectivity index (χ4v) is 3.82. The number of hydrogen-bond donors (Lipinski definition) is 1. The molecule has 0 bridgehead atoms. The van der Waals surface area contributed by atoms with Crippen molar-refractivity contribution >= 4 is 69.3 Å². The second kappa shape index (κ2) is 8.61. The summed E-state index contributed by atoms with van der Waals surface area (Å²) in [5.74, 6) is -0.0139. The second-order valence-electron chi connectivity index (χ2n) is 5.64. The molecule has 0 spiro atoms. The summed E-state index contributed by atoms with van der Waals surface area (Å²) in [5, 5.41) is 11.8. The van der Waals surface area contributed by atoms with Crippen molar-refractivity contribution in [2.75, 3.05) is 0 Å². The SMILES string of the molecule is Oc1c(Cl)cc(Cc2ccccc2Cl)cc1C=Nc1ccc(I)cc1Cl. The lowest BCUT2D eigenvalue weighted by atomic mass is 10.0. The first-order valence-electron chi connectivity index (χ1n) is 7.68. The van der Waals surface area contributed by atoms with E-state index >= 15 is 0 Å². The molecule has 0 unspecified atom stereocenters. The summed E-state index contributed by atoms with van der Waals surface area (Å²) in [6, 6.07) is 16.8. The largest absolute Gasteiger partial charge is 0.506 e. The molecule has 3 rings (SSSR count). The van der Waals surface area contributed by atoms with Crippen LogP contribution < -0.4 is 0 Å². The third kappa shape index (κ3) is 4.71. The number of phenols is 1. The maximum absolute atomic E-state index is 10.3. The molecule has 0 atom stereocenters. The Kier molecular flexibility index (Phi) is 6.46. The Morgan fingerprint density at radius 2 is 1.69 bits per heavy atom. The molecule has 2 nitrogen and oxygen atoms in total. The van der Waals surface area contributed by atoms with Crippen LogP contribution in [0.25, 0.3) is 0 Å². The fourth-order valence-electron chi connectivity index (χ4n) is 2.47. The number of phenolic OH excluding ortho intramolecular Hbond substituents is 1. The van der Waals surface area contributed by atoms with Crippen molar-refractivity contribution in [2.45, 2.75) is 6.42 Å². The Morgan fingerprint density at radius 1 is 0.923 bits per heavy atom. The van der Waals surface area contributed by atoms with E-state index in [1.165, 1.54) is 0 Å². The predicted octanol–water partition coefficient (Wildman–Crippen LogP) is 7.30. The molecule has 0 aromatic heterocycles. The van der Waals surface area contributed by atoms with Crippen molar-refractivity contribution in [3.8, 4) is 5.75 Å². The van der Waals surface area contributed by atoms with E-state index in [-0.39, 0.29) is 10.8 Å². The molecule has 1 N–H and O–H groups in total. The van der Waals surface area contributed by atoms with Gasteiger partial charge >= 0.3 is 0 Å². The molecule has 0 saturated heterocycles. The highest BCUT2D eigenvalue weighted by molar-refractivity contribution is 14.1. The lowest BCUT2D eigenvalue weighted by molar-refractivity contribution is 0.474. The van der Waals surface area contributed by atoms with Gasteiger partial charge in [-0.2, -0.15) is 0 Å². The van der Waals surface area contributed by atoms with Crippen LogP contribution in [0.1, 0.15) is 16.7 Å². The zero-order valence-corrected chi connectivity index (χ0v) is 17.8. The zero-order chi connectivity index (χ0) is 18.7. The van der Waals surface area contributed by atoms with Crippen molar-refractivity contribution in [1.82, 2.24) is 0 Å². The smallest absolute Gasteiger partial charge is 0.142 e. The first kappa shape index (κ1) is 19.5. The molecule has 0 saturated carbocycles. The summed E-state index contributed by atoms with van der Waals surface area (Å²) in [6.07, 6.45) is 2.16.